The molecule has 2 aromatic rings. The summed E-state index contributed by atoms with van der Waals surface area (Å²) in [5, 5.41) is 2.79. The van der Waals surface area contributed by atoms with Gasteiger partial charge in [0.2, 0.25) is 15.9 Å². The van der Waals surface area contributed by atoms with Crippen LogP contribution >= 0.6 is 11.8 Å². The Morgan fingerprint density at radius 2 is 1.79 bits per heavy atom. The van der Waals surface area contributed by atoms with Crippen LogP contribution in [0.5, 0.6) is 0 Å². The molecule has 1 N–H and O–H groups in total. The van der Waals surface area contributed by atoms with Crippen LogP contribution in [0.4, 0.5) is 5.69 Å². The first-order valence-electron chi connectivity index (χ1n) is 7.31. The summed E-state index contributed by atoms with van der Waals surface area (Å²) in [4.78, 5) is 13.3. The third-order valence-electron chi connectivity index (χ3n) is 3.37. The van der Waals surface area contributed by atoms with Crippen molar-refractivity contribution in [1.29, 1.82) is 0 Å². The second-order valence-corrected chi connectivity index (χ2v) is 8.61. The highest BCUT2D eigenvalue weighted by atomic mass is 32.2. The van der Waals surface area contributed by atoms with Crippen molar-refractivity contribution in [2.45, 2.75) is 16.7 Å². The van der Waals surface area contributed by atoms with Crippen molar-refractivity contribution in [3.8, 4) is 0 Å². The number of nitrogens with zero attached hydrogens (tertiary/aromatic N) is 1. The van der Waals surface area contributed by atoms with Crippen LogP contribution in [-0.4, -0.2) is 38.5 Å². The lowest BCUT2D eigenvalue weighted by Gasteiger charge is -2.14. The molecule has 5 nitrogen and oxygen atoms in total. The molecular weight excluding hydrogens is 344 g/mol. The Balaban J connectivity index is 2.10. The van der Waals surface area contributed by atoms with Crippen molar-refractivity contribution < 1.29 is 13.2 Å². The summed E-state index contributed by atoms with van der Waals surface area (Å²) in [6, 6.07) is 14.4. The molecule has 128 valence electrons. The predicted molar refractivity (Wildman–Crippen MR) is 97.8 cm³/mol. The van der Waals surface area contributed by atoms with Gasteiger partial charge in [0.1, 0.15) is 0 Å². The van der Waals surface area contributed by atoms with E-state index < -0.39 is 10.0 Å². The Morgan fingerprint density at radius 3 is 2.42 bits per heavy atom. The topological polar surface area (TPSA) is 66.5 Å². The van der Waals surface area contributed by atoms with Gasteiger partial charge >= 0.3 is 0 Å². The van der Waals surface area contributed by atoms with Gasteiger partial charge in [0.15, 0.2) is 0 Å². The van der Waals surface area contributed by atoms with Gasteiger partial charge in [0.25, 0.3) is 0 Å². The minimum Gasteiger partial charge on any atom is -0.325 e. The van der Waals surface area contributed by atoms with E-state index in [1.807, 2.05) is 37.3 Å². The van der Waals surface area contributed by atoms with E-state index in [0.29, 0.717) is 5.69 Å². The predicted octanol–water partition coefficient (Wildman–Crippen LogP) is 2.98. The van der Waals surface area contributed by atoms with Gasteiger partial charge in [0.05, 0.1) is 10.6 Å². The van der Waals surface area contributed by atoms with Gasteiger partial charge in [-0.05, 0) is 36.8 Å². The first-order valence-corrected chi connectivity index (χ1v) is 9.74. The lowest BCUT2D eigenvalue weighted by molar-refractivity contribution is -0.113. The van der Waals surface area contributed by atoms with E-state index in [9.17, 15) is 13.2 Å². The van der Waals surface area contributed by atoms with Crippen molar-refractivity contribution >= 4 is 33.4 Å². The molecule has 0 bridgehead atoms. The molecule has 0 radical (unpaired) electrons. The van der Waals surface area contributed by atoms with Gasteiger partial charge in [0, 0.05) is 24.7 Å². The van der Waals surface area contributed by atoms with Crippen molar-refractivity contribution in [2.24, 2.45) is 0 Å². The summed E-state index contributed by atoms with van der Waals surface area (Å²) < 4.78 is 25.5. The lowest BCUT2D eigenvalue weighted by Crippen LogP contribution is -2.22. The molecular formula is C17H20N2O3S2. The fourth-order valence-electron chi connectivity index (χ4n) is 1.96. The summed E-state index contributed by atoms with van der Waals surface area (Å²) in [6.07, 6.45) is 0. The largest absolute Gasteiger partial charge is 0.325 e. The van der Waals surface area contributed by atoms with Gasteiger partial charge in [-0.2, -0.15) is 0 Å². The van der Waals surface area contributed by atoms with Gasteiger partial charge in [-0.25, -0.2) is 12.7 Å². The minimum absolute atomic E-state index is 0.157. The first kappa shape index (κ1) is 18.5. The number of carbonyl (C=O) groups is 1. The molecule has 0 aliphatic rings. The summed E-state index contributed by atoms with van der Waals surface area (Å²) >= 11 is 1.43. The molecule has 0 heterocycles. The zero-order valence-electron chi connectivity index (χ0n) is 13.8. The number of aryl methyl sites for hydroxylation is 1. The summed E-state index contributed by atoms with van der Waals surface area (Å²) in [5.74, 6) is 0.0834. The Kier molecular flexibility index (Phi) is 6.04. The van der Waals surface area contributed by atoms with Crippen LogP contribution in [0.1, 0.15) is 5.56 Å². The van der Waals surface area contributed by atoms with Gasteiger partial charge in [-0.3, -0.25) is 4.79 Å². The molecule has 0 saturated carbocycles. The number of rotatable bonds is 6. The number of sulfonamides is 1. The first-order chi connectivity index (χ1) is 11.3. The maximum atomic E-state index is 12.2. The quantitative estimate of drug-likeness (QED) is 0.800. The molecule has 1 amide bonds. The van der Waals surface area contributed by atoms with Crippen molar-refractivity contribution in [2.75, 3.05) is 25.2 Å². The molecule has 2 rings (SSSR count). The Hall–Kier alpha value is -1.83. The van der Waals surface area contributed by atoms with Crippen molar-refractivity contribution in [3.63, 3.8) is 0 Å². The number of amides is 1. The van der Waals surface area contributed by atoms with Crippen molar-refractivity contribution in [3.05, 3.63) is 54.1 Å². The molecule has 0 fully saturated rings. The van der Waals surface area contributed by atoms with Crippen LogP contribution < -0.4 is 5.32 Å². The minimum atomic E-state index is -3.53. The highest BCUT2D eigenvalue weighted by Crippen LogP contribution is 2.23. The fraction of sp³-hybridized carbons (Fsp3) is 0.235. The number of hydrogen-bond acceptors (Lipinski definition) is 4. The average molecular weight is 364 g/mol. The summed E-state index contributed by atoms with van der Waals surface area (Å²) in [6.45, 7) is 1.83. The zero-order chi connectivity index (χ0) is 17.7. The maximum Gasteiger partial charge on any atom is 0.242 e. The molecule has 0 aliphatic heterocycles. The Labute approximate surface area is 147 Å². The molecule has 0 aromatic heterocycles. The SMILES string of the molecule is Cc1ccc(S(=O)(=O)N(C)C)cc1NC(=O)CSc1ccccc1. The van der Waals surface area contributed by atoms with Gasteiger partial charge in [-0.1, -0.05) is 24.3 Å². The Bertz CT molecular complexity index is 819. The van der Waals surface area contributed by atoms with Crippen LogP contribution in [0.15, 0.2) is 58.3 Å². The number of nitrogens with one attached hydrogen (secondary N) is 1. The number of anilines is 1. The number of thioether (sulfide) groups is 1. The van der Waals surface area contributed by atoms with E-state index in [2.05, 4.69) is 5.32 Å². The molecule has 0 atom stereocenters. The smallest absolute Gasteiger partial charge is 0.242 e. The lowest BCUT2D eigenvalue weighted by atomic mass is 10.2. The average Bonchev–Trinajstić information content (AvgIpc) is 2.55. The van der Waals surface area contributed by atoms with E-state index in [4.69, 9.17) is 0 Å². The molecule has 0 spiro atoms. The molecule has 0 aliphatic carbocycles. The fourth-order valence-corrected chi connectivity index (χ4v) is 3.61. The van der Waals surface area contributed by atoms with Crippen molar-refractivity contribution in [1.82, 2.24) is 4.31 Å². The van der Waals surface area contributed by atoms with Gasteiger partial charge < -0.3 is 5.32 Å². The maximum absolute atomic E-state index is 12.2. The third kappa shape index (κ3) is 4.59. The van der Waals surface area contributed by atoms with E-state index in [-0.39, 0.29) is 16.6 Å². The van der Waals surface area contributed by atoms with Gasteiger partial charge in [-0.15, -0.1) is 11.8 Å². The Morgan fingerprint density at radius 1 is 1.12 bits per heavy atom. The molecule has 2 aromatic carbocycles. The highest BCUT2D eigenvalue weighted by molar-refractivity contribution is 8.00. The molecule has 0 saturated heterocycles. The summed E-state index contributed by atoms with van der Waals surface area (Å²) in [5.41, 5.74) is 1.32. The summed E-state index contributed by atoms with van der Waals surface area (Å²) in [7, 11) is -0.578. The second kappa shape index (κ2) is 7.83. The van der Waals surface area contributed by atoms with E-state index in [1.165, 1.54) is 31.9 Å². The molecule has 7 heteroatoms. The van der Waals surface area contributed by atoms with Crippen LogP contribution in [0, 0.1) is 6.92 Å². The normalized spacial score (nSPS) is 11.5. The second-order valence-electron chi connectivity index (χ2n) is 5.41. The third-order valence-corrected chi connectivity index (χ3v) is 6.20. The van der Waals surface area contributed by atoms with Crippen LogP contribution in [0.25, 0.3) is 0 Å². The highest BCUT2D eigenvalue weighted by Gasteiger charge is 2.18. The number of benzene rings is 2. The van der Waals surface area contributed by atoms with Crippen LogP contribution in [-0.2, 0) is 14.8 Å². The number of hydrogen-bond donors (Lipinski definition) is 1. The van der Waals surface area contributed by atoms with E-state index in [0.717, 1.165) is 14.8 Å². The number of carbonyl (C=O) groups excluding carboxylic acids is 1. The molecule has 24 heavy (non-hydrogen) atoms. The standard InChI is InChI=1S/C17H20N2O3S2/c1-13-9-10-15(24(21,22)19(2)3)11-16(13)18-17(20)12-23-14-7-5-4-6-8-14/h4-11H,12H2,1-3H3,(H,18,20). The molecule has 0 unspecified atom stereocenters. The van der Waals surface area contributed by atoms with E-state index >= 15 is 0 Å². The van der Waals surface area contributed by atoms with Crippen LogP contribution in [0.2, 0.25) is 0 Å². The van der Waals surface area contributed by atoms with Crippen LogP contribution in [0.3, 0.4) is 0 Å². The van der Waals surface area contributed by atoms with E-state index in [1.54, 1.807) is 12.1 Å². The monoisotopic (exact) mass is 364 g/mol. The zero-order valence-corrected chi connectivity index (χ0v) is 15.4.